The maximum atomic E-state index is 12.6. The van der Waals surface area contributed by atoms with E-state index >= 15 is 0 Å². The first kappa shape index (κ1) is 14.7. The van der Waals surface area contributed by atoms with Crippen molar-refractivity contribution in [1.29, 1.82) is 0 Å². The summed E-state index contributed by atoms with van der Waals surface area (Å²) in [5, 5.41) is 0. The SMILES string of the molecule is C[C@@H]1Cc2ccccc2N1C(=O)CSc1ccc(Br)cc1. The largest absolute Gasteiger partial charge is 0.308 e. The number of anilines is 1. The lowest BCUT2D eigenvalue weighted by Crippen LogP contribution is -2.36. The second kappa shape index (κ2) is 6.24. The average Bonchev–Trinajstić information content (AvgIpc) is 2.82. The monoisotopic (exact) mass is 361 g/mol. The van der Waals surface area contributed by atoms with E-state index in [4.69, 9.17) is 0 Å². The van der Waals surface area contributed by atoms with Gasteiger partial charge in [0, 0.05) is 21.1 Å². The van der Waals surface area contributed by atoms with Crippen molar-refractivity contribution >= 4 is 39.3 Å². The van der Waals surface area contributed by atoms with Crippen molar-refractivity contribution in [3.63, 3.8) is 0 Å². The van der Waals surface area contributed by atoms with E-state index in [1.165, 1.54) is 5.56 Å². The second-order valence-corrected chi connectivity index (χ2v) is 7.15. The molecule has 0 fully saturated rings. The third-order valence-electron chi connectivity index (χ3n) is 3.65. The Labute approximate surface area is 137 Å². The summed E-state index contributed by atoms with van der Waals surface area (Å²) in [6.45, 7) is 2.11. The quantitative estimate of drug-likeness (QED) is 0.749. The van der Waals surface area contributed by atoms with Crippen LogP contribution in [0.3, 0.4) is 0 Å². The number of amides is 1. The Morgan fingerprint density at radius 1 is 1.24 bits per heavy atom. The van der Waals surface area contributed by atoms with E-state index in [0.29, 0.717) is 5.75 Å². The Hall–Kier alpha value is -1.26. The first-order valence-corrected chi connectivity index (χ1v) is 8.71. The molecule has 2 aromatic rings. The highest BCUT2D eigenvalue weighted by Crippen LogP contribution is 2.32. The fraction of sp³-hybridized carbons (Fsp3) is 0.235. The van der Waals surface area contributed by atoms with Gasteiger partial charge in [0.1, 0.15) is 0 Å². The topological polar surface area (TPSA) is 20.3 Å². The average molecular weight is 362 g/mol. The number of hydrogen-bond acceptors (Lipinski definition) is 2. The summed E-state index contributed by atoms with van der Waals surface area (Å²) in [5.74, 6) is 0.653. The molecule has 2 aromatic carbocycles. The molecule has 1 aliphatic rings. The molecule has 108 valence electrons. The van der Waals surface area contributed by atoms with Gasteiger partial charge in [-0.1, -0.05) is 34.1 Å². The Bertz CT molecular complexity index is 656. The second-order valence-electron chi connectivity index (χ2n) is 5.19. The van der Waals surface area contributed by atoms with Gasteiger partial charge >= 0.3 is 0 Å². The van der Waals surface area contributed by atoms with Crippen LogP contribution >= 0.6 is 27.7 Å². The van der Waals surface area contributed by atoms with E-state index in [-0.39, 0.29) is 11.9 Å². The van der Waals surface area contributed by atoms with E-state index in [1.54, 1.807) is 11.8 Å². The number of benzene rings is 2. The van der Waals surface area contributed by atoms with Crippen molar-refractivity contribution in [2.75, 3.05) is 10.7 Å². The fourth-order valence-electron chi connectivity index (χ4n) is 2.69. The zero-order chi connectivity index (χ0) is 14.8. The van der Waals surface area contributed by atoms with E-state index in [2.05, 4.69) is 28.9 Å². The highest BCUT2D eigenvalue weighted by molar-refractivity contribution is 9.10. The number of rotatable bonds is 3. The maximum absolute atomic E-state index is 12.6. The molecule has 21 heavy (non-hydrogen) atoms. The molecule has 0 bridgehead atoms. The zero-order valence-corrected chi connectivity index (χ0v) is 14.2. The molecule has 0 aromatic heterocycles. The van der Waals surface area contributed by atoms with Crippen LogP contribution in [0.5, 0.6) is 0 Å². The lowest BCUT2D eigenvalue weighted by molar-refractivity contribution is -0.116. The molecular formula is C17H16BrNOS. The molecule has 4 heteroatoms. The van der Waals surface area contributed by atoms with Crippen LogP contribution in [0.2, 0.25) is 0 Å². The molecule has 0 saturated heterocycles. The van der Waals surface area contributed by atoms with Gasteiger partial charge in [-0.25, -0.2) is 0 Å². The first-order valence-electron chi connectivity index (χ1n) is 6.93. The zero-order valence-electron chi connectivity index (χ0n) is 11.8. The van der Waals surface area contributed by atoms with Gasteiger partial charge in [0.05, 0.1) is 5.75 Å². The van der Waals surface area contributed by atoms with Gasteiger partial charge in [0.15, 0.2) is 0 Å². The molecule has 1 aliphatic heterocycles. The Balaban J connectivity index is 1.70. The van der Waals surface area contributed by atoms with Crippen LogP contribution in [-0.4, -0.2) is 17.7 Å². The molecular weight excluding hydrogens is 346 g/mol. The summed E-state index contributed by atoms with van der Waals surface area (Å²) >= 11 is 5.01. The van der Waals surface area contributed by atoms with Crippen molar-refractivity contribution in [2.24, 2.45) is 0 Å². The summed E-state index contributed by atoms with van der Waals surface area (Å²) in [7, 11) is 0. The Kier molecular flexibility index (Phi) is 4.36. The molecule has 1 atom stereocenters. The number of para-hydroxylation sites is 1. The predicted molar refractivity (Wildman–Crippen MR) is 92.0 cm³/mol. The van der Waals surface area contributed by atoms with Gasteiger partial charge in [-0.3, -0.25) is 4.79 Å². The molecule has 0 N–H and O–H groups in total. The van der Waals surface area contributed by atoms with Gasteiger partial charge in [-0.15, -0.1) is 11.8 Å². The molecule has 0 unspecified atom stereocenters. The lowest BCUT2D eigenvalue weighted by atomic mass is 10.1. The Morgan fingerprint density at radius 3 is 2.71 bits per heavy atom. The van der Waals surface area contributed by atoms with E-state index in [0.717, 1.165) is 21.5 Å². The van der Waals surface area contributed by atoms with Crippen LogP contribution in [0.4, 0.5) is 5.69 Å². The standard InChI is InChI=1S/C17H16BrNOS/c1-12-10-13-4-2-3-5-16(13)19(12)17(20)11-21-15-8-6-14(18)7-9-15/h2-9,12H,10-11H2,1H3/t12-/m1/s1. The smallest absolute Gasteiger partial charge is 0.237 e. The predicted octanol–water partition coefficient (Wildman–Crippen LogP) is 4.52. The summed E-state index contributed by atoms with van der Waals surface area (Å²) < 4.78 is 1.06. The molecule has 1 heterocycles. The van der Waals surface area contributed by atoms with Crippen LogP contribution in [0.1, 0.15) is 12.5 Å². The van der Waals surface area contributed by atoms with Gasteiger partial charge < -0.3 is 4.90 Å². The van der Waals surface area contributed by atoms with Crippen molar-refractivity contribution in [1.82, 2.24) is 0 Å². The number of fused-ring (bicyclic) bond motifs is 1. The highest BCUT2D eigenvalue weighted by Gasteiger charge is 2.30. The van der Waals surface area contributed by atoms with Crippen molar-refractivity contribution in [3.8, 4) is 0 Å². The summed E-state index contributed by atoms with van der Waals surface area (Å²) in [5.41, 5.74) is 2.35. The van der Waals surface area contributed by atoms with Gasteiger partial charge in [-0.2, -0.15) is 0 Å². The van der Waals surface area contributed by atoms with E-state index in [9.17, 15) is 4.79 Å². The lowest BCUT2D eigenvalue weighted by Gasteiger charge is -2.22. The number of thioether (sulfide) groups is 1. The fourth-order valence-corrected chi connectivity index (χ4v) is 3.71. The number of hydrogen-bond donors (Lipinski definition) is 0. The van der Waals surface area contributed by atoms with Crippen molar-refractivity contribution < 1.29 is 4.79 Å². The van der Waals surface area contributed by atoms with Gasteiger partial charge in [-0.05, 0) is 49.2 Å². The van der Waals surface area contributed by atoms with Gasteiger partial charge in [0.2, 0.25) is 5.91 Å². The molecule has 1 amide bonds. The molecule has 2 nitrogen and oxygen atoms in total. The summed E-state index contributed by atoms with van der Waals surface area (Å²) in [4.78, 5) is 15.6. The molecule has 0 saturated carbocycles. The summed E-state index contributed by atoms with van der Waals surface area (Å²) in [6, 6.07) is 16.5. The first-order chi connectivity index (χ1) is 10.1. The van der Waals surface area contributed by atoms with Crippen LogP contribution in [-0.2, 0) is 11.2 Å². The van der Waals surface area contributed by atoms with Crippen molar-refractivity contribution in [2.45, 2.75) is 24.3 Å². The number of halogens is 1. The number of nitrogens with zero attached hydrogens (tertiary/aromatic N) is 1. The normalized spacial score (nSPS) is 16.9. The van der Waals surface area contributed by atoms with E-state index in [1.807, 2.05) is 47.4 Å². The van der Waals surface area contributed by atoms with Crippen LogP contribution < -0.4 is 4.90 Å². The number of carbonyl (C=O) groups excluding carboxylic acids is 1. The minimum Gasteiger partial charge on any atom is -0.308 e. The maximum Gasteiger partial charge on any atom is 0.237 e. The third kappa shape index (κ3) is 3.16. The van der Waals surface area contributed by atoms with Crippen LogP contribution in [0, 0.1) is 0 Å². The molecule has 0 radical (unpaired) electrons. The molecule has 3 rings (SSSR count). The van der Waals surface area contributed by atoms with Crippen LogP contribution in [0.15, 0.2) is 57.9 Å². The van der Waals surface area contributed by atoms with Crippen molar-refractivity contribution in [3.05, 3.63) is 58.6 Å². The number of carbonyl (C=O) groups is 1. The highest BCUT2D eigenvalue weighted by atomic mass is 79.9. The van der Waals surface area contributed by atoms with Gasteiger partial charge in [0.25, 0.3) is 0 Å². The minimum absolute atomic E-state index is 0.181. The Morgan fingerprint density at radius 2 is 1.95 bits per heavy atom. The van der Waals surface area contributed by atoms with E-state index < -0.39 is 0 Å². The summed E-state index contributed by atoms with van der Waals surface area (Å²) in [6.07, 6.45) is 0.949. The van der Waals surface area contributed by atoms with Crippen LogP contribution in [0.25, 0.3) is 0 Å². The molecule has 0 spiro atoms. The third-order valence-corrected chi connectivity index (χ3v) is 5.18. The molecule has 0 aliphatic carbocycles. The minimum atomic E-state index is 0.181.